The van der Waals surface area contributed by atoms with Crippen molar-refractivity contribution >= 4 is 33.7 Å². The van der Waals surface area contributed by atoms with Crippen LogP contribution in [0.5, 0.6) is 0 Å². The van der Waals surface area contributed by atoms with Gasteiger partial charge in [0.15, 0.2) is 5.13 Å². The lowest BCUT2D eigenvalue weighted by Gasteiger charge is -2.12. The van der Waals surface area contributed by atoms with Crippen LogP contribution >= 0.6 is 22.7 Å². The summed E-state index contributed by atoms with van der Waals surface area (Å²) in [5.41, 5.74) is 7.06. The van der Waals surface area contributed by atoms with Gasteiger partial charge in [0, 0.05) is 15.1 Å². The number of carbonyl (C=O) groups excluding carboxylic acids is 1. The molecule has 96 valence electrons. The zero-order valence-corrected chi connectivity index (χ0v) is 12.1. The van der Waals surface area contributed by atoms with Gasteiger partial charge in [0.1, 0.15) is 5.69 Å². The molecule has 0 fully saturated rings. The molecule has 0 aromatic carbocycles. The van der Waals surface area contributed by atoms with Crippen LogP contribution in [-0.4, -0.2) is 10.9 Å². The Labute approximate surface area is 114 Å². The number of nitrogen functional groups attached to an aromatic ring is 1. The zero-order chi connectivity index (χ0) is 13.3. The van der Waals surface area contributed by atoms with Gasteiger partial charge in [-0.25, -0.2) is 4.98 Å². The number of anilines is 1. The fourth-order valence-electron chi connectivity index (χ4n) is 1.82. The molecule has 0 aliphatic rings. The summed E-state index contributed by atoms with van der Waals surface area (Å²) in [6.07, 6.45) is 0. The standard InChI is InChI=1S/C12H15N3OS2/c1-6-4-9(8(3)18-6)7(2)14-11(16)10-5-17-12(13)15-10/h4-5,7H,1-3H3,(H2,13,15)(H,14,16). The highest BCUT2D eigenvalue weighted by Crippen LogP contribution is 2.26. The summed E-state index contributed by atoms with van der Waals surface area (Å²) < 4.78 is 0. The molecule has 3 N–H and O–H groups in total. The number of hydrogen-bond acceptors (Lipinski definition) is 5. The summed E-state index contributed by atoms with van der Waals surface area (Å²) in [7, 11) is 0. The molecule has 2 aromatic rings. The molecule has 2 rings (SSSR count). The molecule has 2 aromatic heterocycles. The molecule has 0 radical (unpaired) electrons. The highest BCUT2D eigenvalue weighted by Gasteiger charge is 2.16. The molecule has 18 heavy (non-hydrogen) atoms. The van der Waals surface area contributed by atoms with Gasteiger partial charge in [-0.1, -0.05) is 0 Å². The van der Waals surface area contributed by atoms with E-state index in [4.69, 9.17) is 5.73 Å². The Morgan fingerprint density at radius 2 is 2.22 bits per heavy atom. The lowest BCUT2D eigenvalue weighted by molar-refractivity contribution is 0.0935. The molecular weight excluding hydrogens is 266 g/mol. The van der Waals surface area contributed by atoms with Crippen LogP contribution < -0.4 is 11.1 Å². The predicted octanol–water partition coefficient (Wildman–Crippen LogP) is 2.89. The number of aromatic nitrogens is 1. The van der Waals surface area contributed by atoms with E-state index in [1.54, 1.807) is 16.7 Å². The number of aryl methyl sites for hydroxylation is 2. The quantitative estimate of drug-likeness (QED) is 0.909. The predicted molar refractivity (Wildman–Crippen MR) is 76.2 cm³/mol. The lowest BCUT2D eigenvalue weighted by atomic mass is 10.1. The average molecular weight is 281 g/mol. The van der Waals surface area contributed by atoms with Crippen molar-refractivity contribution in [3.05, 3.63) is 32.5 Å². The highest BCUT2D eigenvalue weighted by atomic mass is 32.1. The van der Waals surface area contributed by atoms with Gasteiger partial charge in [-0.15, -0.1) is 22.7 Å². The van der Waals surface area contributed by atoms with E-state index in [9.17, 15) is 4.79 Å². The second-order valence-electron chi connectivity index (χ2n) is 4.13. The average Bonchev–Trinajstić information content (AvgIpc) is 2.84. The van der Waals surface area contributed by atoms with Gasteiger partial charge in [0.05, 0.1) is 6.04 Å². The minimum atomic E-state index is -0.182. The van der Waals surface area contributed by atoms with Gasteiger partial charge in [0.2, 0.25) is 0 Å². The van der Waals surface area contributed by atoms with Gasteiger partial charge in [0.25, 0.3) is 5.91 Å². The van der Waals surface area contributed by atoms with Crippen LogP contribution in [0.1, 0.15) is 38.8 Å². The highest BCUT2D eigenvalue weighted by molar-refractivity contribution is 7.13. The third-order valence-corrected chi connectivity index (χ3v) is 4.30. The van der Waals surface area contributed by atoms with E-state index in [1.807, 2.05) is 6.92 Å². The number of rotatable bonds is 3. The number of nitrogens with one attached hydrogen (secondary N) is 1. The van der Waals surface area contributed by atoms with Crippen molar-refractivity contribution in [1.29, 1.82) is 0 Å². The van der Waals surface area contributed by atoms with Crippen molar-refractivity contribution in [2.45, 2.75) is 26.8 Å². The fraction of sp³-hybridized carbons (Fsp3) is 0.333. The summed E-state index contributed by atoms with van der Waals surface area (Å²) in [4.78, 5) is 18.4. The van der Waals surface area contributed by atoms with Crippen molar-refractivity contribution in [1.82, 2.24) is 10.3 Å². The summed E-state index contributed by atoms with van der Waals surface area (Å²) in [6, 6.07) is 2.09. The van der Waals surface area contributed by atoms with Gasteiger partial charge in [-0.05, 0) is 32.4 Å². The molecule has 0 aliphatic heterocycles. The van der Waals surface area contributed by atoms with Crippen LogP contribution in [0.15, 0.2) is 11.4 Å². The number of nitrogens with zero attached hydrogens (tertiary/aromatic N) is 1. The fourth-order valence-corrected chi connectivity index (χ4v) is 3.39. The first-order valence-electron chi connectivity index (χ1n) is 5.56. The summed E-state index contributed by atoms with van der Waals surface area (Å²) in [5, 5.41) is 5.02. The SMILES string of the molecule is Cc1cc(C(C)NC(=O)c2csc(N)n2)c(C)s1. The first-order chi connectivity index (χ1) is 8.47. The van der Waals surface area contributed by atoms with Crippen molar-refractivity contribution in [2.75, 3.05) is 5.73 Å². The Bertz CT molecular complexity index is 574. The summed E-state index contributed by atoms with van der Waals surface area (Å²) >= 11 is 3.01. The normalized spacial score (nSPS) is 12.4. The largest absolute Gasteiger partial charge is 0.375 e. The molecule has 0 aliphatic carbocycles. The molecule has 6 heteroatoms. The maximum Gasteiger partial charge on any atom is 0.271 e. The molecule has 4 nitrogen and oxygen atoms in total. The first kappa shape index (κ1) is 13.0. The number of carbonyl (C=O) groups is 1. The maximum absolute atomic E-state index is 11.9. The number of nitrogens with two attached hydrogens (primary N) is 1. The smallest absolute Gasteiger partial charge is 0.271 e. The van der Waals surface area contributed by atoms with E-state index in [0.29, 0.717) is 10.8 Å². The van der Waals surface area contributed by atoms with Crippen LogP contribution in [0.3, 0.4) is 0 Å². The van der Waals surface area contributed by atoms with E-state index in [-0.39, 0.29) is 11.9 Å². The van der Waals surface area contributed by atoms with Crippen molar-refractivity contribution in [3.8, 4) is 0 Å². The number of thiazole rings is 1. The first-order valence-corrected chi connectivity index (χ1v) is 7.25. The van der Waals surface area contributed by atoms with Gasteiger partial charge in [-0.2, -0.15) is 0 Å². The molecular formula is C12H15N3OS2. The Hall–Kier alpha value is -1.40. The lowest BCUT2D eigenvalue weighted by Crippen LogP contribution is -2.27. The number of thiophene rings is 1. The third-order valence-electron chi connectivity index (χ3n) is 2.65. The van der Waals surface area contributed by atoms with Gasteiger partial charge in [-0.3, -0.25) is 4.79 Å². The number of amides is 1. The Kier molecular flexibility index (Phi) is 3.68. The maximum atomic E-state index is 11.9. The topological polar surface area (TPSA) is 68.0 Å². The van der Waals surface area contributed by atoms with Crippen LogP contribution in [0.25, 0.3) is 0 Å². The minimum absolute atomic E-state index is 0.0228. The van der Waals surface area contributed by atoms with E-state index >= 15 is 0 Å². The van der Waals surface area contributed by atoms with Crippen LogP contribution in [0, 0.1) is 13.8 Å². The summed E-state index contributed by atoms with van der Waals surface area (Å²) in [5.74, 6) is -0.182. The molecule has 1 amide bonds. The van der Waals surface area contributed by atoms with Crippen molar-refractivity contribution < 1.29 is 4.79 Å². The molecule has 0 spiro atoms. The van der Waals surface area contributed by atoms with Crippen molar-refractivity contribution in [2.24, 2.45) is 0 Å². The van der Waals surface area contributed by atoms with E-state index in [2.05, 4.69) is 30.2 Å². The van der Waals surface area contributed by atoms with Crippen LogP contribution in [0.2, 0.25) is 0 Å². The monoisotopic (exact) mass is 281 g/mol. The van der Waals surface area contributed by atoms with E-state index in [1.165, 1.54) is 21.1 Å². The molecule has 1 unspecified atom stereocenters. The zero-order valence-electron chi connectivity index (χ0n) is 10.5. The van der Waals surface area contributed by atoms with Crippen LogP contribution in [0.4, 0.5) is 5.13 Å². The third kappa shape index (κ3) is 2.70. The van der Waals surface area contributed by atoms with E-state index < -0.39 is 0 Å². The second kappa shape index (κ2) is 5.07. The second-order valence-corrected chi connectivity index (χ2v) is 6.48. The molecule has 0 saturated carbocycles. The van der Waals surface area contributed by atoms with Crippen molar-refractivity contribution in [3.63, 3.8) is 0 Å². The molecule has 0 bridgehead atoms. The van der Waals surface area contributed by atoms with Crippen LogP contribution in [-0.2, 0) is 0 Å². The summed E-state index contributed by atoms with van der Waals surface area (Å²) in [6.45, 7) is 6.11. The molecule has 0 saturated heterocycles. The molecule has 2 heterocycles. The Morgan fingerprint density at radius 3 is 2.72 bits per heavy atom. The van der Waals surface area contributed by atoms with Gasteiger partial charge >= 0.3 is 0 Å². The Balaban J connectivity index is 2.10. The Morgan fingerprint density at radius 1 is 1.50 bits per heavy atom. The molecule has 1 atom stereocenters. The minimum Gasteiger partial charge on any atom is -0.375 e. The number of hydrogen-bond donors (Lipinski definition) is 2. The van der Waals surface area contributed by atoms with E-state index in [0.717, 1.165) is 5.56 Å². The van der Waals surface area contributed by atoms with Gasteiger partial charge < -0.3 is 11.1 Å².